The van der Waals surface area contributed by atoms with Crippen molar-refractivity contribution >= 4 is 5.97 Å². The van der Waals surface area contributed by atoms with Crippen LogP contribution < -0.4 is 0 Å². The van der Waals surface area contributed by atoms with E-state index in [0.717, 1.165) is 5.56 Å². The number of likely N-dealkylation sites (N-methyl/N-ethyl adjacent to an activating group) is 1. The fourth-order valence-electron chi connectivity index (χ4n) is 1.97. The zero-order valence-electron chi connectivity index (χ0n) is 10.9. The standard InChI is InChI=1S/C14H21NO3/c1-3-15(10-9-11(2)16)13(14(17)18)12-7-5-4-6-8-12/h4-8,11,13,16H,3,9-10H2,1-2H3,(H,17,18). The summed E-state index contributed by atoms with van der Waals surface area (Å²) >= 11 is 0. The first-order chi connectivity index (χ1) is 8.56. The Labute approximate surface area is 108 Å². The third-order valence-electron chi connectivity index (χ3n) is 2.95. The van der Waals surface area contributed by atoms with E-state index in [4.69, 9.17) is 0 Å². The van der Waals surface area contributed by atoms with E-state index in [0.29, 0.717) is 19.5 Å². The molecule has 1 aromatic carbocycles. The van der Waals surface area contributed by atoms with Crippen molar-refractivity contribution in [1.29, 1.82) is 0 Å². The molecule has 0 heterocycles. The summed E-state index contributed by atoms with van der Waals surface area (Å²) in [4.78, 5) is 13.3. The lowest BCUT2D eigenvalue weighted by atomic mass is 10.0. The molecule has 100 valence electrons. The van der Waals surface area contributed by atoms with E-state index in [1.54, 1.807) is 6.92 Å². The quantitative estimate of drug-likeness (QED) is 0.777. The van der Waals surface area contributed by atoms with Crippen molar-refractivity contribution in [2.45, 2.75) is 32.4 Å². The molecule has 0 fully saturated rings. The number of aliphatic hydroxyl groups is 1. The minimum absolute atomic E-state index is 0.413. The lowest BCUT2D eigenvalue weighted by Gasteiger charge is -2.28. The van der Waals surface area contributed by atoms with Crippen molar-refractivity contribution in [2.75, 3.05) is 13.1 Å². The minimum Gasteiger partial charge on any atom is -0.480 e. The van der Waals surface area contributed by atoms with Crippen LogP contribution >= 0.6 is 0 Å². The smallest absolute Gasteiger partial charge is 0.325 e. The zero-order chi connectivity index (χ0) is 13.5. The van der Waals surface area contributed by atoms with E-state index in [1.165, 1.54) is 0 Å². The van der Waals surface area contributed by atoms with Crippen molar-refractivity contribution in [3.63, 3.8) is 0 Å². The highest BCUT2D eigenvalue weighted by Gasteiger charge is 2.25. The van der Waals surface area contributed by atoms with Gasteiger partial charge in [0.25, 0.3) is 0 Å². The van der Waals surface area contributed by atoms with Crippen molar-refractivity contribution in [2.24, 2.45) is 0 Å². The molecule has 0 aliphatic rings. The van der Waals surface area contributed by atoms with Gasteiger partial charge in [-0.1, -0.05) is 37.3 Å². The second kappa shape index (κ2) is 7.13. The highest BCUT2D eigenvalue weighted by Crippen LogP contribution is 2.21. The molecule has 4 heteroatoms. The summed E-state index contributed by atoms with van der Waals surface area (Å²) < 4.78 is 0. The first-order valence-electron chi connectivity index (χ1n) is 6.26. The number of benzene rings is 1. The van der Waals surface area contributed by atoms with Gasteiger partial charge in [-0.25, -0.2) is 0 Å². The highest BCUT2D eigenvalue weighted by molar-refractivity contribution is 5.75. The summed E-state index contributed by atoms with van der Waals surface area (Å²) in [6.07, 6.45) is 0.161. The number of rotatable bonds is 7. The Morgan fingerprint density at radius 1 is 1.33 bits per heavy atom. The molecule has 0 saturated carbocycles. The first-order valence-corrected chi connectivity index (χ1v) is 6.26. The van der Waals surface area contributed by atoms with Crippen LogP contribution in [0.4, 0.5) is 0 Å². The number of carboxylic acids is 1. The third-order valence-corrected chi connectivity index (χ3v) is 2.95. The fraction of sp³-hybridized carbons (Fsp3) is 0.500. The molecule has 0 aliphatic heterocycles. The molecule has 0 aliphatic carbocycles. The zero-order valence-corrected chi connectivity index (χ0v) is 10.9. The molecule has 0 spiro atoms. The van der Waals surface area contributed by atoms with Gasteiger partial charge in [0.15, 0.2) is 0 Å². The van der Waals surface area contributed by atoms with Gasteiger partial charge in [0.05, 0.1) is 6.10 Å². The van der Waals surface area contributed by atoms with Crippen LogP contribution in [0.15, 0.2) is 30.3 Å². The average molecular weight is 251 g/mol. The predicted molar refractivity (Wildman–Crippen MR) is 70.4 cm³/mol. The van der Waals surface area contributed by atoms with Gasteiger partial charge in [-0.2, -0.15) is 0 Å². The van der Waals surface area contributed by atoms with E-state index >= 15 is 0 Å². The molecule has 0 radical (unpaired) electrons. The Hall–Kier alpha value is -1.39. The molecule has 0 aromatic heterocycles. The third kappa shape index (κ3) is 4.13. The van der Waals surface area contributed by atoms with Crippen LogP contribution in [0.25, 0.3) is 0 Å². The second-order valence-electron chi connectivity index (χ2n) is 4.42. The molecule has 0 saturated heterocycles. The summed E-state index contributed by atoms with van der Waals surface area (Å²) in [5, 5.41) is 18.7. The van der Waals surface area contributed by atoms with E-state index < -0.39 is 18.1 Å². The lowest BCUT2D eigenvalue weighted by Crippen LogP contribution is -2.35. The summed E-state index contributed by atoms with van der Waals surface area (Å²) in [5.74, 6) is -0.853. The van der Waals surface area contributed by atoms with Gasteiger partial charge in [0, 0.05) is 6.54 Å². The van der Waals surface area contributed by atoms with Gasteiger partial charge >= 0.3 is 5.97 Å². The van der Waals surface area contributed by atoms with Crippen LogP contribution in [-0.4, -0.2) is 40.3 Å². The normalized spacial score (nSPS) is 14.4. The minimum atomic E-state index is -0.853. The predicted octanol–water partition coefficient (Wildman–Crippen LogP) is 1.91. The Kier molecular flexibility index (Phi) is 5.82. The summed E-state index contributed by atoms with van der Waals surface area (Å²) in [6.45, 7) is 4.85. The fourth-order valence-corrected chi connectivity index (χ4v) is 1.97. The van der Waals surface area contributed by atoms with Gasteiger partial charge in [0.1, 0.15) is 6.04 Å². The maximum Gasteiger partial charge on any atom is 0.325 e. The molecule has 2 atom stereocenters. The Balaban J connectivity index is 2.86. The number of aliphatic hydroxyl groups excluding tert-OH is 1. The number of carbonyl (C=O) groups is 1. The Bertz CT molecular complexity index is 365. The topological polar surface area (TPSA) is 60.8 Å². The Morgan fingerprint density at radius 2 is 1.94 bits per heavy atom. The molecular formula is C14H21NO3. The number of hydrogen-bond donors (Lipinski definition) is 2. The van der Waals surface area contributed by atoms with Crippen molar-refractivity contribution in [1.82, 2.24) is 4.90 Å². The Morgan fingerprint density at radius 3 is 2.39 bits per heavy atom. The molecule has 18 heavy (non-hydrogen) atoms. The largest absolute Gasteiger partial charge is 0.480 e. The van der Waals surface area contributed by atoms with Crippen molar-refractivity contribution < 1.29 is 15.0 Å². The molecule has 0 amide bonds. The molecule has 0 bridgehead atoms. The number of nitrogens with zero attached hydrogens (tertiary/aromatic N) is 1. The van der Waals surface area contributed by atoms with E-state index in [1.807, 2.05) is 42.2 Å². The van der Waals surface area contributed by atoms with Gasteiger partial charge in [-0.15, -0.1) is 0 Å². The van der Waals surface area contributed by atoms with E-state index in [9.17, 15) is 15.0 Å². The van der Waals surface area contributed by atoms with Crippen molar-refractivity contribution in [3.8, 4) is 0 Å². The SMILES string of the molecule is CCN(CCC(C)O)C(C(=O)O)c1ccccc1. The number of carboxylic acid groups (broad SMARTS) is 1. The van der Waals surface area contributed by atoms with E-state index in [-0.39, 0.29) is 0 Å². The van der Waals surface area contributed by atoms with Crippen LogP contribution in [0.2, 0.25) is 0 Å². The monoisotopic (exact) mass is 251 g/mol. The van der Waals surface area contributed by atoms with Crippen LogP contribution in [0, 0.1) is 0 Å². The van der Waals surface area contributed by atoms with Gasteiger partial charge < -0.3 is 10.2 Å². The summed E-state index contributed by atoms with van der Waals surface area (Å²) in [5.41, 5.74) is 0.775. The van der Waals surface area contributed by atoms with Gasteiger partial charge in [0.2, 0.25) is 0 Å². The van der Waals surface area contributed by atoms with Gasteiger partial charge in [-0.05, 0) is 25.5 Å². The number of aliphatic carboxylic acids is 1. The van der Waals surface area contributed by atoms with E-state index in [2.05, 4.69) is 0 Å². The molecule has 2 N–H and O–H groups in total. The maximum absolute atomic E-state index is 11.4. The van der Waals surface area contributed by atoms with Crippen LogP contribution in [-0.2, 0) is 4.79 Å². The van der Waals surface area contributed by atoms with Gasteiger partial charge in [-0.3, -0.25) is 9.69 Å². The lowest BCUT2D eigenvalue weighted by molar-refractivity contribution is -0.143. The van der Waals surface area contributed by atoms with Crippen molar-refractivity contribution in [3.05, 3.63) is 35.9 Å². The second-order valence-corrected chi connectivity index (χ2v) is 4.42. The van der Waals surface area contributed by atoms with Crippen LogP contribution in [0.5, 0.6) is 0 Å². The molecule has 4 nitrogen and oxygen atoms in total. The average Bonchev–Trinajstić information content (AvgIpc) is 2.34. The summed E-state index contributed by atoms with van der Waals surface area (Å²) in [6, 6.07) is 8.55. The highest BCUT2D eigenvalue weighted by atomic mass is 16.4. The molecule has 1 aromatic rings. The molecule has 2 unspecified atom stereocenters. The molecule has 1 rings (SSSR count). The summed E-state index contributed by atoms with van der Waals surface area (Å²) in [7, 11) is 0. The van der Waals surface area contributed by atoms with Crippen LogP contribution in [0.3, 0.4) is 0 Å². The number of hydrogen-bond acceptors (Lipinski definition) is 3. The molecular weight excluding hydrogens is 230 g/mol. The first kappa shape index (κ1) is 14.7. The van der Waals surface area contributed by atoms with Crippen LogP contribution in [0.1, 0.15) is 31.9 Å². The maximum atomic E-state index is 11.4.